The van der Waals surface area contributed by atoms with Crippen molar-refractivity contribution in [1.29, 1.82) is 5.26 Å². The van der Waals surface area contributed by atoms with Crippen molar-refractivity contribution in [3.63, 3.8) is 0 Å². The number of aromatic nitrogens is 3. The molecule has 3 aliphatic heterocycles. The highest BCUT2D eigenvalue weighted by Crippen LogP contribution is 2.61. The Kier molecular flexibility index (Phi) is 6.32. The van der Waals surface area contributed by atoms with Crippen LogP contribution in [0.5, 0.6) is 5.88 Å². The number of likely N-dealkylation sites (tertiary alicyclic amines) is 1. The monoisotopic (exact) mass is 594 g/mol. The fourth-order valence-electron chi connectivity index (χ4n) is 7.65. The van der Waals surface area contributed by atoms with Crippen LogP contribution in [0.1, 0.15) is 53.0 Å². The second-order valence-corrected chi connectivity index (χ2v) is 12.2. The van der Waals surface area contributed by atoms with Crippen molar-refractivity contribution in [2.24, 2.45) is 0 Å². The van der Waals surface area contributed by atoms with Crippen molar-refractivity contribution in [2.75, 3.05) is 18.1 Å². The maximum atomic E-state index is 14.3. The number of benzene rings is 2. The summed E-state index contributed by atoms with van der Waals surface area (Å²) in [6.07, 6.45) is 4.32. The van der Waals surface area contributed by atoms with Gasteiger partial charge in [-0.2, -0.15) is 10.2 Å². The van der Waals surface area contributed by atoms with E-state index in [4.69, 9.17) is 24.7 Å². The number of carboxylic acid groups (broad SMARTS) is 1. The number of hydrogen-bond acceptors (Lipinski definition) is 8. The molecule has 3 unspecified atom stereocenters. The van der Waals surface area contributed by atoms with E-state index in [-0.39, 0.29) is 29.4 Å². The Morgan fingerprint density at radius 3 is 2.80 bits per heavy atom. The van der Waals surface area contributed by atoms with Crippen molar-refractivity contribution < 1.29 is 23.8 Å². The van der Waals surface area contributed by atoms with Crippen LogP contribution in [0.3, 0.4) is 0 Å². The van der Waals surface area contributed by atoms with Gasteiger partial charge in [0.2, 0.25) is 5.88 Å². The number of ether oxygens (including phenoxy) is 2. The van der Waals surface area contributed by atoms with Gasteiger partial charge < -0.3 is 24.0 Å². The second-order valence-electron chi connectivity index (χ2n) is 12.2. The largest absolute Gasteiger partial charge is 0.478 e. The molecule has 8 rings (SSSR count). The summed E-state index contributed by atoms with van der Waals surface area (Å²) in [5.41, 5.74) is 2.60. The number of aromatic carboxylic acids is 1. The Balaban J connectivity index is 0.991. The molecular formula is C33H31FN6O4. The highest BCUT2D eigenvalue weighted by Gasteiger charge is 2.75. The van der Waals surface area contributed by atoms with Gasteiger partial charge in [-0.1, -0.05) is 12.1 Å². The fraction of sp³-hybridized carbons (Fsp3) is 0.394. The number of imidazole rings is 1. The van der Waals surface area contributed by atoms with E-state index in [0.717, 1.165) is 61.5 Å². The van der Waals surface area contributed by atoms with E-state index in [2.05, 4.69) is 14.4 Å². The summed E-state index contributed by atoms with van der Waals surface area (Å²) < 4.78 is 28.3. The molecular weight excluding hydrogens is 563 g/mol. The summed E-state index contributed by atoms with van der Waals surface area (Å²) in [5.74, 6) is 0.819. The third-order valence-electron chi connectivity index (χ3n) is 9.98. The van der Waals surface area contributed by atoms with Crippen LogP contribution in [0.4, 0.5) is 10.2 Å². The Hall–Kier alpha value is -4.53. The van der Waals surface area contributed by atoms with Gasteiger partial charge in [0.15, 0.2) is 0 Å². The highest BCUT2D eigenvalue weighted by molar-refractivity contribution is 5.92. The molecule has 44 heavy (non-hydrogen) atoms. The van der Waals surface area contributed by atoms with Gasteiger partial charge in [0, 0.05) is 30.8 Å². The zero-order valence-corrected chi connectivity index (χ0v) is 24.0. The molecule has 4 fully saturated rings. The Morgan fingerprint density at radius 1 is 1.16 bits per heavy atom. The first-order valence-electron chi connectivity index (χ1n) is 15.1. The lowest BCUT2D eigenvalue weighted by atomic mass is 9.52. The molecule has 0 amide bonds. The summed E-state index contributed by atoms with van der Waals surface area (Å²) in [4.78, 5) is 26.4. The number of fused-ring (bicyclic) bond motifs is 1. The van der Waals surface area contributed by atoms with Crippen molar-refractivity contribution in [1.82, 2.24) is 19.4 Å². The van der Waals surface area contributed by atoms with E-state index in [9.17, 15) is 14.3 Å². The lowest BCUT2D eigenvalue weighted by Crippen LogP contribution is -2.96. The molecule has 2 aromatic heterocycles. The average Bonchev–Trinajstić information content (AvgIpc) is 3.63. The molecule has 3 saturated heterocycles. The first-order chi connectivity index (χ1) is 21.4. The summed E-state index contributed by atoms with van der Waals surface area (Å²) in [6.45, 7) is 2.99. The van der Waals surface area contributed by atoms with Crippen LogP contribution < -0.4 is 9.64 Å². The van der Waals surface area contributed by atoms with Crippen LogP contribution in [0.25, 0.3) is 11.0 Å². The number of pyridine rings is 1. The van der Waals surface area contributed by atoms with Gasteiger partial charge >= 0.3 is 5.97 Å². The van der Waals surface area contributed by atoms with Crippen molar-refractivity contribution in [2.45, 2.75) is 69.1 Å². The number of nitrogens with zero attached hydrogens (tertiary/aromatic N) is 6. The van der Waals surface area contributed by atoms with Crippen LogP contribution >= 0.6 is 0 Å². The first kappa shape index (κ1) is 27.0. The van der Waals surface area contributed by atoms with Gasteiger partial charge in [-0.25, -0.2) is 14.2 Å². The average molecular weight is 595 g/mol. The SMILES string of the molecule is N#Cc1ccc(COc2cccc(N3CC4N(Cc5nc6ccc(C(=O)O)cc6n5C[C@@H]5CCCO5)C5CCC543)n2)c(F)c1. The number of carboxylic acids is 1. The molecule has 0 bridgehead atoms. The Labute approximate surface area is 253 Å². The van der Waals surface area contributed by atoms with Crippen LogP contribution in [-0.4, -0.2) is 67.4 Å². The number of anilines is 1. The molecule has 4 aliphatic rings. The lowest BCUT2D eigenvalue weighted by Gasteiger charge is -2.80. The van der Waals surface area contributed by atoms with Crippen molar-refractivity contribution in [3.8, 4) is 11.9 Å². The minimum absolute atomic E-state index is 0.0268. The predicted molar refractivity (Wildman–Crippen MR) is 158 cm³/mol. The number of piperazine rings is 1. The number of nitriles is 1. The minimum atomic E-state index is -0.945. The van der Waals surface area contributed by atoms with Gasteiger partial charge in [-0.3, -0.25) is 4.90 Å². The van der Waals surface area contributed by atoms with Crippen molar-refractivity contribution in [3.05, 3.63) is 82.9 Å². The number of halogens is 1. The Morgan fingerprint density at radius 2 is 2.07 bits per heavy atom. The van der Waals surface area contributed by atoms with Gasteiger partial charge in [0.25, 0.3) is 0 Å². The molecule has 1 N–H and O–H groups in total. The molecule has 10 nitrogen and oxygen atoms in total. The minimum Gasteiger partial charge on any atom is -0.478 e. The number of carbonyl (C=O) groups is 1. The van der Waals surface area contributed by atoms with Crippen LogP contribution in [0.2, 0.25) is 0 Å². The number of piperidine rings is 1. The molecule has 1 saturated carbocycles. The van der Waals surface area contributed by atoms with E-state index in [1.165, 1.54) is 6.07 Å². The molecule has 5 heterocycles. The maximum absolute atomic E-state index is 14.3. The van der Waals surface area contributed by atoms with Crippen LogP contribution in [-0.2, 0) is 24.4 Å². The smallest absolute Gasteiger partial charge is 0.335 e. The van der Waals surface area contributed by atoms with E-state index in [0.29, 0.717) is 36.6 Å². The van der Waals surface area contributed by atoms with Crippen LogP contribution in [0.15, 0.2) is 54.6 Å². The molecule has 4 atom stereocenters. The molecule has 0 radical (unpaired) electrons. The lowest BCUT2D eigenvalue weighted by molar-refractivity contribution is -0.192. The topological polar surface area (TPSA) is 117 Å². The molecule has 4 aromatic rings. The molecule has 1 aliphatic carbocycles. The van der Waals surface area contributed by atoms with Gasteiger partial charge in [-0.05, 0) is 62.1 Å². The van der Waals surface area contributed by atoms with Gasteiger partial charge in [-0.15, -0.1) is 0 Å². The first-order valence-corrected chi connectivity index (χ1v) is 15.1. The normalized spacial score (nSPS) is 25.4. The van der Waals surface area contributed by atoms with E-state index < -0.39 is 11.8 Å². The van der Waals surface area contributed by atoms with E-state index in [1.54, 1.807) is 36.4 Å². The quantitative estimate of drug-likeness (QED) is 0.299. The van der Waals surface area contributed by atoms with Gasteiger partial charge in [0.1, 0.15) is 24.1 Å². The van der Waals surface area contributed by atoms with E-state index >= 15 is 0 Å². The molecule has 2 aromatic carbocycles. The third-order valence-corrected chi connectivity index (χ3v) is 9.98. The number of rotatable bonds is 9. The molecule has 224 valence electrons. The number of hydrogen-bond donors (Lipinski definition) is 1. The zero-order valence-electron chi connectivity index (χ0n) is 24.0. The molecule has 1 spiro atoms. The second kappa shape index (κ2) is 10.3. The van der Waals surface area contributed by atoms with E-state index in [1.807, 2.05) is 18.2 Å². The fourth-order valence-corrected chi connectivity index (χ4v) is 7.65. The summed E-state index contributed by atoms with van der Waals surface area (Å²) in [6, 6.07) is 17.9. The summed E-state index contributed by atoms with van der Waals surface area (Å²) >= 11 is 0. The predicted octanol–water partition coefficient (Wildman–Crippen LogP) is 4.50. The standard InChI is InChI=1S/C33H31FN6O4/c34-24-13-20(15-35)6-7-22(24)19-44-31-5-1-4-29(37-31)40-17-28-33(40)11-10-27(33)39(28)18-30-36-25-9-8-21(32(41)42)14-26(25)38(30)16-23-3-2-12-43-23/h1,4-9,13-14,23,27-28H,2-3,10-12,16-19H2,(H,41,42)/t23-,27?,28?,33?/m0/s1. The Bertz CT molecular complexity index is 1820. The maximum Gasteiger partial charge on any atom is 0.335 e. The van der Waals surface area contributed by atoms with Crippen molar-refractivity contribution >= 4 is 22.8 Å². The van der Waals surface area contributed by atoms with Gasteiger partial charge in [0.05, 0.1) is 59.0 Å². The third kappa shape index (κ3) is 4.16. The zero-order chi connectivity index (χ0) is 30.0. The molecule has 11 heteroatoms. The summed E-state index contributed by atoms with van der Waals surface area (Å²) in [5, 5.41) is 18.6. The summed E-state index contributed by atoms with van der Waals surface area (Å²) in [7, 11) is 0. The highest BCUT2D eigenvalue weighted by atomic mass is 19.1. The van der Waals surface area contributed by atoms with Crippen LogP contribution in [0, 0.1) is 17.1 Å².